The fraction of sp³-hybridized carbons (Fsp3) is 0.571. The van der Waals surface area contributed by atoms with Gasteiger partial charge >= 0.3 is 0 Å². The van der Waals surface area contributed by atoms with E-state index in [4.69, 9.17) is 0 Å². The van der Waals surface area contributed by atoms with Gasteiger partial charge in [0.05, 0.1) is 0 Å². The number of halogens is 1. The largest absolute Gasteiger partial charge is 0.358 e. The summed E-state index contributed by atoms with van der Waals surface area (Å²) in [6.45, 7) is 1.00. The summed E-state index contributed by atoms with van der Waals surface area (Å²) in [6.07, 6.45) is 3.72. The van der Waals surface area contributed by atoms with Crippen molar-refractivity contribution in [3.63, 3.8) is 0 Å². The van der Waals surface area contributed by atoms with Gasteiger partial charge in [-0.2, -0.15) is 0 Å². The maximum absolute atomic E-state index is 12.0. The van der Waals surface area contributed by atoms with Crippen molar-refractivity contribution in [2.45, 2.75) is 31.2 Å². The number of hydrogen-bond donors (Lipinski definition) is 1. The Kier molecular flexibility index (Phi) is 4.58. The molecule has 5 heteroatoms. The summed E-state index contributed by atoms with van der Waals surface area (Å²) >= 11 is 3.38. The predicted octanol–water partition coefficient (Wildman–Crippen LogP) is 1.99. The Bertz CT molecular complexity index is 466. The molecular weight excluding hydrogens is 306 g/mol. The summed E-state index contributed by atoms with van der Waals surface area (Å²) in [5.74, 6) is 0.142. The number of likely N-dealkylation sites (N-methyl/N-ethyl adjacent to an activating group) is 2. The van der Waals surface area contributed by atoms with E-state index in [1.54, 1.807) is 7.05 Å². The van der Waals surface area contributed by atoms with Crippen LogP contribution in [0.3, 0.4) is 0 Å². The van der Waals surface area contributed by atoms with Crippen LogP contribution < -0.4 is 5.32 Å². The summed E-state index contributed by atoms with van der Waals surface area (Å²) in [5, 5.41) is 2.79. The van der Waals surface area contributed by atoms with Gasteiger partial charge < -0.3 is 5.32 Å². The van der Waals surface area contributed by atoms with Crippen LogP contribution in [0, 0.1) is 0 Å². The highest BCUT2D eigenvalue weighted by molar-refractivity contribution is 9.10. The van der Waals surface area contributed by atoms with E-state index in [1.165, 1.54) is 0 Å². The monoisotopic (exact) mass is 325 g/mol. The van der Waals surface area contributed by atoms with Crippen LogP contribution in [0.25, 0.3) is 0 Å². The maximum Gasteiger partial charge on any atom is 0.240 e. The minimum Gasteiger partial charge on any atom is -0.358 e. The fourth-order valence-corrected chi connectivity index (χ4v) is 3.09. The Hall–Kier alpha value is -0.940. The van der Waals surface area contributed by atoms with Crippen molar-refractivity contribution in [2.24, 2.45) is 0 Å². The Morgan fingerprint density at radius 2 is 2.37 bits per heavy atom. The molecule has 2 rings (SSSR count). The molecule has 0 bridgehead atoms. The molecule has 0 radical (unpaired) electrons. The molecule has 1 aromatic rings. The number of pyridine rings is 1. The van der Waals surface area contributed by atoms with Gasteiger partial charge in [-0.25, -0.2) is 4.98 Å². The number of aryl methyl sites for hydroxylation is 1. The SMILES string of the molecule is CNC(=O)[C@@]1(CCCc2cccc(Br)n2)CCN1C. The zero-order valence-electron chi connectivity index (χ0n) is 11.4. The Labute approximate surface area is 122 Å². The van der Waals surface area contributed by atoms with Gasteiger partial charge in [-0.15, -0.1) is 0 Å². The second-order valence-corrected chi connectivity index (χ2v) is 5.90. The number of amides is 1. The number of aromatic nitrogens is 1. The molecule has 1 saturated heterocycles. The van der Waals surface area contributed by atoms with Crippen LogP contribution in [0.4, 0.5) is 0 Å². The molecule has 1 atom stereocenters. The summed E-state index contributed by atoms with van der Waals surface area (Å²) in [6, 6.07) is 5.95. The Balaban J connectivity index is 1.92. The topological polar surface area (TPSA) is 45.2 Å². The molecule has 0 unspecified atom stereocenters. The molecule has 2 heterocycles. The first-order valence-electron chi connectivity index (χ1n) is 6.63. The average molecular weight is 326 g/mol. The second-order valence-electron chi connectivity index (χ2n) is 5.09. The number of carbonyl (C=O) groups excluding carboxylic acids is 1. The molecule has 19 heavy (non-hydrogen) atoms. The summed E-state index contributed by atoms with van der Waals surface area (Å²) in [5.41, 5.74) is 0.782. The average Bonchev–Trinajstić information content (AvgIpc) is 2.41. The Morgan fingerprint density at radius 1 is 1.58 bits per heavy atom. The van der Waals surface area contributed by atoms with Crippen molar-refractivity contribution in [1.29, 1.82) is 0 Å². The molecule has 1 fully saturated rings. The van der Waals surface area contributed by atoms with Crippen LogP contribution in [-0.2, 0) is 11.2 Å². The van der Waals surface area contributed by atoms with Gasteiger partial charge in [0.15, 0.2) is 0 Å². The molecular formula is C14H20BrN3O. The van der Waals surface area contributed by atoms with Gasteiger partial charge in [0, 0.05) is 19.3 Å². The van der Waals surface area contributed by atoms with Crippen LogP contribution in [0.15, 0.2) is 22.8 Å². The van der Waals surface area contributed by atoms with Gasteiger partial charge in [0.2, 0.25) is 5.91 Å². The van der Waals surface area contributed by atoms with Gasteiger partial charge in [0.1, 0.15) is 10.1 Å². The lowest BCUT2D eigenvalue weighted by Crippen LogP contribution is -2.65. The van der Waals surface area contributed by atoms with E-state index in [-0.39, 0.29) is 11.4 Å². The molecule has 1 amide bonds. The Morgan fingerprint density at radius 3 is 2.89 bits per heavy atom. The molecule has 1 N–H and O–H groups in total. The van der Waals surface area contributed by atoms with E-state index < -0.39 is 0 Å². The smallest absolute Gasteiger partial charge is 0.240 e. The highest BCUT2D eigenvalue weighted by Gasteiger charge is 2.47. The third-order valence-electron chi connectivity index (χ3n) is 4.04. The van der Waals surface area contributed by atoms with Crippen molar-refractivity contribution in [3.05, 3.63) is 28.5 Å². The number of carbonyl (C=O) groups is 1. The minimum absolute atomic E-state index is 0.142. The quantitative estimate of drug-likeness (QED) is 0.842. The first kappa shape index (κ1) is 14.5. The lowest BCUT2D eigenvalue weighted by molar-refractivity contribution is -0.141. The molecule has 0 spiro atoms. The molecule has 0 aromatic carbocycles. The van der Waals surface area contributed by atoms with Crippen molar-refractivity contribution >= 4 is 21.8 Å². The molecule has 1 aromatic heterocycles. The van der Waals surface area contributed by atoms with Crippen LogP contribution in [-0.4, -0.2) is 42.0 Å². The second kappa shape index (κ2) is 6.01. The normalized spacial score (nSPS) is 22.9. The van der Waals surface area contributed by atoms with E-state index in [0.29, 0.717) is 0 Å². The van der Waals surface area contributed by atoms with Gasteiger partial charge in [-0.1, -0.05) is 6.07 Å². The van der Waals surface area contributed by atoms with Crippen LogP contribution in [0.1, 0.15) is 25.0 Å². The van der Waals surface area contributed by atoms with E-state index in [9.17, 15) is 4.79 Å². The van der Waals surface area contributed by atoms with Gasteiger partial charge in [0.25, 0.3) is 0 Å². The number of likely N-dealkylation sites (tertiary alicyclic amines) is 1. The lowest BCUT2D eigenvalue weighted by atomic mass is 9.79. The fourth-order valence-electron chi connectivity index (χ4n) is 2.71. The first-order valence-corrected chi connectivity index (χ1v) is 7.43. The van der Waals surface area contributed by atoms with Crippen molar-refractivity contribution < 1.29 is 4.79 Å². The molecule has 1 aliphatic rings. The third kappa shape index (κ3) is 2.98. The molecule has 0 saturated carbocycles. The molecule has 0 aliphatic carbocycles. The van der Waals surface area contributed by atoms with E-state index >= 15 is 0 Å². The summed E-state index contributed by atoms with van der Waals surface area (Å²) in [7, 11) is 3.74. The zero-order valence-corrected chi connectivity index (χ0v) is 13.0. The molecule has 4 nitrogen and oxygen atoms in total. The molecule has 104 valence electrons. The van der Waals surface area contributed by atoms with Crippen molar-refractivity contribution in [2.75, 3.05) is 20.6 Å². The standard InChI is InChI=1S/C14H20BrN3O/c1-16-13(19)14(9-10-18(14)2)8-4-6-11-5-3-7-12(15)17-11/h3,5,7H,4,6,8-10H2,1-2H3,(H,16,19)/t14-/m1/s1. The van der Waals surface area contributed by atoms with Crippen LogP contribution in [0.2, 0.25) is 0 Å². The summed E-state index contributed by atoms with van der Waals surface area (Å²) < 4.78 is 0.867. The van der Waals surface area contributed by atoms with Gasteiger partial charge in [-0.05, 0) is 60.8 Å². The highest BCUT2D eigenvalue weighted by Crippen LogP contribution is 2.34. The lowest BCUT2D eigenvalue weighted by Gasteiger charge is -2.49. The van der Waals surface area contributed by atoms with E-state index in [1.807, 2.05) is 25.2 Å². The number of hydrogen-bond acceptors (Lipinski definition) is 3. The zero-order chi connectivity index (χ0) is 13.9. The van der Waals surface area contributed by atoms with Crippen LogP contribution >= 0.6 is 15.9 Å². The highest BCUT2D eigenvalue weighted by atomic mass is 79.9. The maximum atomic E-state index is 12.0. The number of nitrogens with zero attached hydrogens (tertiary/aromatic N) is 2. The summed E-state index contributed by atoms with van der Waals surface area (Å²) in [4.78, 5) is 18.6. The van der Waals surface area contributed by atoms with Crippen LogP contribution in [0.5, 0.6) is 0 Å². The van der Waals surface area contributed by atoms with Crippen molar-refractivity contribution in [1.82, 2.24) is 15.2 Å². The molecule has 1 aliphatic heterocycles. The number of rotatable bonds is 5. The third-order valence-corrected chi connectivity index (χ3v) is 4.48. The first-order chi connectivity index (χ1) is 9.08. The van der Waals surface area contributed by atoms with E-state index in [2.05, 4.69) is 31.1 Å². The minimum atomic E-state index is -0.291. The van der Waals surface area contributed by atoms with Gasteiger partial charge in [-0.3, -0.25) is 9.69 Å². The van der Waals surface area contributed by atoms with E-state index in [0.717, 1.165) is 42.5 Å². The van der Waals surface area contributed by atoms with Crippen molar-refractivity contribution in [3.8, 4) is 0 Å². The predicted molar refractivity (Wildman–Crippen MR) is 78.9 cm³/mol. The number of nitrogens with one attached hydrogen (secondary N) is 1.